The van der Waals surface area contributed by atoms with Crippen LogP contribution < -0.4 is 0 Å². The molecule has 2 aromatic carbocycles. The van der Waals surface area contributed by atoms with Crippen LogP contribution in [-0.4, -0.2) is 22.9 Å². The number of esters is 1. The minimum atomic E-state index is -0.342. The number of ether oxygens (including phenoxy) is 1. The molecule has 0 unspecified atom stereocenters. The van der Waals surface area contributed by atoms with Crippen molar-refractivity contribution in [3.8, 4) is 11.5 Å². The Hall–Kier alpha value is -3.34. The largest absolute Gasteiger partial charge is 0.465 e. The second kappa shape index (κ2) is 6.28. The molecule has 25 heavy (non-hydrogen) atoms. The number of rotatable bonds is 4. The van der Waals surface area contributed by atoms with Gasteiger partial charge in [0.2, 0.25) is 0 Å². The van der Waals surface area contributed by atoms with Crippen molar-refractivity contribution in [3.05, 3.63) is 78.0 Å². The molecule has 0 spiro atoms. The molecular formula is C20H16N2O3. The molecule has 2 aromatic heterocycles. The monoisotopic (exact) mass is 332 g/mol. The lowest BCUT2D eigenvalue weighted by Crippen LogP contribution is -2.04. The van der Waals surface area contributed by atoms with Crippen molar-refractivity contribution in [3.63, 3.8) is 0 Å². The number of methoxy groups -OCH3 is 1. The number of aromatic nitrogens is 2. The summed E-state index contributed by atoms with van der Waals surface area (Å²) in [6.45, 7) is 0.561. The van der Waals surface area contributed by atoms with E-state index in [1.165, 1.54) is 7.11 Å². The maximum Gasteiger partial charge on any atom is 0.337 e. The molecule has 5 heteroatoms. The van der Waals surface area contributed by atoms with Crippen molar-refractivity contribution in [2.45, 2.75) is 6.54 Å². The standard InChI is InChI=1S/C20H16N2O3/c1-24-20(23)16-7-4-5-14(11-16)13-22-10-9-17(21-22)19-12-15-6-2-3-8-18(15)25-19/h2-12H,13H2,1H3. The van der Waals surface area contributed by atoms with Crippen molar-refractivity contribution in [2.75, 3.05) is 7.11 Å². The third-order valence-electron chi connectivity index (χ3n) is 4.01. The van der Waals surface area contributed by atoms with Crippen molar-refractivity contribution < 1.29 is 13.9 Å². The lowest BCUT2D eigenvalue weighted by Gasteiger charge is -2.04. The number of furan rings is 1. The van der Waals surface area contributed by atoms with Crippen molar-refractivity contribution >= 4 is 16.9 Å². The van der Waals surface area contributed by atoms with Crippen LogP contribution in [0.25, 0.3) is 22.4 Å². The van der Waals surface area contributed by atoms with Crippen LogP contribution in [0.1, 0.15) is 15.9 Å². The molecule has 4 aromatic rings. The van der Waals surface area contributed by atoms with E-state index in [1.807, 2.05) is 65.5 Å². The number of benzene rings is 2. The second-order valence-corrected chi connectivity index (χ2v) is 5.74. The number of hydrogen-bond acceptors (Lipinski definition) is 4. The molecule has 2 heterocycles. The lowest BCUT2D eigenvalue weighted by molar-refractivity contribution is 0.0600. The molecule has 0 saturated carbocycles. The van der Waals surface area contributed by atoms with E-state index in [0.717, 1.165) is 28.0 Å². The van der Waals surface area contributed by atoms with Gasteiger partial charge < -0.3 is 9.15 Å². The Morgan fingerprint density at radius 1 is 1.12 bits per heavy atom. The van der Waals surface area contributed by atoms with Crippen LogP contribution in [0.2, 0.25) is 0 Å². The van der Waals surface area contributed by atoms with Gasteiger partial charge in [0, 0.05) is 11.6 Å². The fraction of sp³-hybridized carbons (Fsp3) is 0.100. The van der Waals surface area contributed by atoms with E-state index >= 15 is 0 Å². The number of nitrogens with zero attached hydrogens (tertiary/aromatic N) is 2. The van der Waals surface area contributed by atoms with Crippen LogP contribution in [-0.2, 0) is 11.3 Å². The first kappa shape index (κ1) is 15.2. The van der Waals surface area contributed by atoms with Gasteiger partial charge in [-0.05, 0) is 35.9 Å². The zero-order valence-corrected chi connectivity index (χ0v) is 13.7. The molecule has 124 valence electrons. The van der Waals surface area contributed by atoms with Crippen LogP contribution in [0.4, 0.5) is 0 Å². The van der Waals surface area contributed by atoms with E-state index in [0.29, 0.717) is 12.1 Å². The normalized spacial score (nSPS) is 10.9. The summed E-state index contributed by atoms with van der Waals surface area (Å²) in [4.78, 5) is 11.6. The Kier molecular flexibility index (Phi) is 3.82. The van der Waals surface area contributed by atoms with Gasteiger partial charge in [0.25, 0.3) is 0 Å². The number of hydrogen-bond donors (Lipinski definition) is 0. The Morgan fingerprint density at radius 3 is 2.84 bits per heavy atom. The van der Waals surface area contributed by atoms with Crippen LogP contribution in [0.5, 0.6) is 0 Å². The molecule has 0 aliphatic carbocycles. The molecule has 5 nitrogen and oxygen atoms in total. The predicted molar refractivity (Wildman–Crippen MR) is 94.3 cm³/mol. The first-order valence-corrected chi connectivity index (χ1v) is 7.92. The summed E-state index contributed by atoms with van der Waals surface area (Å²) in [6, 6.07) is 19.1. The highest BCUT2D eigenvalue weighted by Crippen LogP contribution is 2.26. The Morgan fingerprint density at radius 2 is 2.00 bits per heavy atom. The molecule has 0 saturated heterocycles. The summed E-state index contributed by atoms with van der Waals surface area (Å²) in [6.07, 6.45) is 1.90. The van der Waals surface area contributed by atoms with E-state index in [4.69, 9.17) is 9.15 Å². The topological polar surface area (TPSA) is 57.3 Å². The Balaban J connectivity index is 1.58. The molecule has 0 aliphatic heterocycles. The van der Waals surface area contributed by atoms with E-state index in [1.54, 1.807) is 6.07 Å². The minimum absolute atomic E-state index is 0.342. The molecule has 0 radical (unpaired) electrons. The summed E-state index contributed by atoms with van der Waals surface area (Å²) in [5.74, 6) is 0.397. The van der Waals surface area contributed by atoms with E-state index in [2.05, 4.69) is 5.10 Å². The van der Waals surface area contributed by atoms with Gasteiger partial charge in [0.05, 0.1) is 19.2 Å². The third-order valence-corrected chi connectivity index (χ3v) is 4.01. The van der Waals surface area contributed by atoms with E-state index < -0.39 is 0 Å². The van der Waals surface area contributed by atoms with Gasteiger partial charge in [0.1, 0.15) is 11.3 Å². The summed E-state index contributed by atoms with van der Waals surface area (Å²) in [5.41, 5.74) is 3.13. The van der Waals surface area contributed by atoms with Crippen molar-refractivity contribution in [1.29, 1.82) is 0 Å². The van der Waals surface area contributed by atoms with Crippen LogP contribution in [0.3, 0.4) is 0 Å². The highest BCUT2D eigenvalue weighted by atomic mass is 16.5. The van der Waals surface area contributed by atoms with E-state index in [-0.39, 0.29) is 5.97 Å². The van der Waals surface area contributed by atoms with Crippen LogP contribution >= 0.6 is 0 Å². The molecule has 0 fully saturated rings. The Labute approximate surface area is 144 Å². The van der Waals surface area contributed by atoms with Crippen molar-refractivity contribution in [2.24, 2.45) is 0 Å². The van der Waals surface area contributed by atoms with Gasteiger partial charge in [-0.1, -0.05) is 30.3 Å². The average molecular weight is 332 g/mol. The first-order chi connectivity index (χ1) is 12.2. The number of para-hydroxylation sites is 1. The van der Waals surface area contributed by atoms with Gasteiger partial charge in [-0.3, -0.25) is 4.68 Å². The van der Waals surface area contributed by atoms with Gasteiger partial charge in [-0.25, -0.2) is 4.79 Å². The fourth-order valence-corrected chi connectivity index (χ4v) is 2.79. The highest BCUT2D eigenvalue weighted by Gasteiger charge is 2.10. The third kappa shape index (κ3) is 3.04. The van der Waals surface area contributed by atoms with Crippen molar-refractivity contribution in [1.82, 2.24) is 9.78 Å². The minimum Gasteiger partial charge on any atom is -0.465 e. The summed E-state index contributed by atoms with van der Waals surface area (Å²) in [5, 5.41) is 5.63. The highest BCUT2D eigenvalue weighted by molar-refractivity contribution is 5.89. The summed E-state index contributed by atoms with van der Waals surface area (Å²) in [7, 11) is 1.38. The number of fused-ring (bicyclic) bond motifs is 1. The zero-order chi connectivity index (χ0) is 17.2. The molecule has 0 bridgehead atoms. The molecule has 4 rings (SSSR count). The lowest BCUT2D eigenvalue weighted by atomic mass is 10.1. The average Bonchev–Trinajstić information content (AvgIpc) is 3.27. The van der Waals surface area contributed by atoms with Crippen LogP contribution in [0, 0.1) is 0 Å². The maximum atomic E-state index is 11.6. The first-order valence-electron chi connectivity index (χ1n) is 7.92. The molecule has 0 aliphatic rings. The second-order valence-electron chi connectivity index (χ2n) is 5.74. The number of carbonyl (C=O) groups is 1. The van der Waals surface area contributed by atoms with Gasteiger partial charge in [-0.15, -0.1) is 0 Å². The Bertz CT molecular complexity index is 1010. The molecule has 0 amide bonds. The van der Waals surface area contributed by atoms with Crippen LogP contribution in [0.15, 0.2) is 71.3 Å². The summed E-state index contributed by atoms with van der Waals surface area (Å²) < 4.78 is 12.4. The van der Waals surface area contributed by atoms with Gasteiger partial charge in [0.15, 0.2) is 5.76 Å². The smallest absolute Gasteiger partial charge is 0.337 e. The summed E-state index contributed by atoms with van der Waals surface area (Å²) >= 11 is 0. The van der Waals surface area contributed by atoms with E-state index in [9.17, 15) is 4.79 Å². The zero-order valence-electron chi connectivity index (χ0n) is 13.7. The molecule has 0 atom stereocenters. The quantitative estimate of drug-likeness (QED) is 0.527. The molecule has 0 N–H and O–H groups in total. The SMILES string of the molecule is COC(=O)c1cccc(Cn2ccc(-c3cc4ccccc4o3)n2)c1. The number of carbonyl (C=O) groups excluding carboxylic acids is 1. The maximum absolute atomic E-state index is 11.6. The van der Waals surface area contributed by atoms with Gasteiger partial charge in [-0.2, -0.15) is 5.10 Å². The van der Waals surface area contributed by atoms with Gasteiger partial charge >= 0.3 is 5.97 Å². The molecular weight excluding hydrogens is 316 g/mol. The fourth-order valence-electron chi connectivity index (χ4n) is 2.79. The predicted octanol–water partition coefficient (Wildman–Crippen LogP) is 4.13.